The molecule has 0 saturated heterocycles. The highest BCUT2D eigenvalue weighted by Gasteiger charge is 2.20. The van der Waals surface area contributed by atoms with Gasteiger partial charge in [-0.15, -0.1) is 0 Å². The van der Waals surface area contributed by atoms with Crippen molar-refractivity contribution in [3.8, 4) is 0 Å². The quantitative estimate of drug-likeness (QED) is 0.553. The third kappa shape index (κ3) is 2.66. The van der Waals surface area contributed by atoms with E-state index >= 15 is 0 Å². The van der Waals surface area contributed by atoms with Gasteiger partial charge in [0.05, 0.1) is 22.3 Å². The predicted molar refractivity (Wildman–Crippen MR) is 87.5 cm³/mol. The molecule has 0 radical (unpaired) electrons. The van der Waals surface area contributed by atoms with Gasteiger partial charge in [0.15, 0.2) is 5.82 Å². The van der Waals surface area contributed by atoms with Crippen LogP contribution in [0.1, 0.15) is 17.3 Å². The van der Waals surface area contributed by atoms with E-state index in [2.05, 4.69) is 21.2 Å². The summed E-state index contributed by atoms with van der Waals surface area (Å²) in [7, 11) is 0. The second-order valence-electron chi connectivity index (χ2n) is 4.62. The van der Waals surface area contributed by atoms with Gasteiger partial charge < -0.3 is 20.7 Å². The standard InChI is InChI=1S/C14H15BrFN3O3/c1-2-19-6-7(14(21)22)13(20)10-9(19)5-8(18-4-3-15)11(16)12(10)17/h5-6,18H,2-4,17H2,1H3,(H,21,22). The molecule has 0 saturated carbocycles. The number of pyridine rings is 1. The largest absolute Gasteiger partial charge is 0.477 e. The van der Waals surface area contributed by atoms with Crippen LogP contribution >= 0.6 is 15.9 Å². The maximum absolute atomic E-state index is 14.3. The first-order chi connectivity index (χ1) is 10.4. The van der Waals surface area contributed by atoms with E-state index in [0.29, 0.717) is 23.9 Å². The van der Waals surface area contributed by atoms with Crippen molar-refractivity contribution in [2.24, 2.45) is 0 Å². The molecule has 0 fully saturated rings. The van der Waals surface area contributed by atoms with E-state index in [1.54, 1.807) is 11.5 Å². The smallest absolute Gasteiger partial charge is 0.341 e. The number of alkyl halides is 1. The van der Waals surface area contributed by atoms with E-state index in [-0.39, 0.29) is 16.8 Å². The Kier molecular flexibility index (Phi) is 4.70. The summed E-state index contributed by atoms with van der Waals surface area (Å²) in [5, 5.41) is 12.5. The summed E-state index contributed by atoms with van der Waals surface area (Å²) in [6.07, 6.45) is 1.25. The number of nitrogens with two attached hydrogens (primary N) is 1. The van der Waals surface area contributed by atoms with E-state index in [1.807, 2.05) is 0 Å². The second kappa shape index (κ2) is 6.35. The fourth-order valence-electron chi connectivity index (χ4n) is 2.27. The van der Waals surface area contributed by atoms with Gasteiger partial charge in [0.2, 0.25) is 5.43 Å². The molecule has 0 unspecified atom stereocenters. The van der Waals surface area contributed by atoms with Gasteiger partial charge >= 0.3 is 5.97 Å². The molecule has 1 heterocycles. The molecule has 1 aromatic carbocycles. The summed E-state index contributed by atoms with van der Waals surface area (Å²) < 4.78 is 15.9. The van der Waals surface area contributed by atoms with Gasteiger partial charge in [-0.2, -0.15) is 0 Å². The first kappa shape index (κ1) is 16.3. The normalized spacial score (nSPS) is 10.9. The summed E-state index contributed by atoms with van der Waals surface area (Å²) in [6.45, 7) is 2.69. The van der Waals surface area contributed by atoms with Gasteiger partial charge in [-0.1, -0.05) is 15.9 Å². The Morgan fingerprint density at radius 1 is 1.55 bits per heavy atom. The minimum absolute atomic E-state index is 0.108. The van der Waals surface area contributed by atoms with Crippen molar-refractivity contribution in [2.75, 3.05) is 22.9 Å². The van der Waals surface area contributed by atoms with Gasteiger partial charge in [-0.25, -0.2) is 9.18 Å². The van der Waals surface area contributed by atoms with Crippen molar-refractivity contribution in [2.45, 2.75) is 13.5 Å². The molecule has 4 N–H and O–H groups in total. The van der Waals surface area contributed by atoms with E-state index in [4.69, 9.17) is 10.8 Å². The number of carboxylic acid groups (broad SMARTS) is 1. The Labute approximate surface area is 133 Å². The minimum Gasteiger partial charge on any atom is -0.477 e. The third-order valence-electron chi connectivity index (χ3n) is 3.33. The number of carbonyl (C=O) groups is 1. The van der Waals surface area contributed by atoms with Gasteiger partial charge in [0, 0.05) is 24.6 Å². The van der Waals surface area contributed by atoms with Crippen molar-refractivity contribution in [3.63, 3.8) is 0 Å². The monoisotopic (exact) mass is 371 g/mol. The van der Waals surface area contributed by atoms with Crippen LogP contribution in [-0.2, 0) is 6.54 Å². The number of benzene rings is 1. The number of carboxylic acids is 1. The average molecular weight is 372 g/mol. The summed E-state index contributed by atoms with van der Waals surface area (Å²) >= 11 is 3.23. The predicted octanol–water partition coefficient (Wildman–Crippen LogP) is 2.25. The summed E-state index contributed by atoms with van der Waals surface area (Å²) in [5.41, 5.74) is 4.77. The maximum Gasteiger partial charge on any atom is 0.341 e. The number of halogens is 2. The molecule has 8 heteroatoms. The van der Waals surface area contributed by atoms with E-state index < -0.39 is 22.8 Å². The van der Waals surface area contributed by atoms with Crippen LogP contribution in [0.2, 0.25) is 0 Å². The first-order valence-corrected chi connectivity index (χ1v) is 7.72. The number of aromatic nitrogens is 1. The molecule has 1 aromatic heterocycles. The van der Waals surface area contributed by atoms with E-state index in [9.17, 15) is 14.0 Å². The van der Waals surface area contributed by atoms with Gasteiger partial charge in [0.1, 0.15) is 5.56 Å². The Hall–Kier alpha value is -2.09. The molecule has 0 amide bonds. The van der Waals surface area contributed by atoms with E-state index in [1.165, 1.54) is 12.3 Å². The minimum atomic E-state index is -1.37. The Morgan fingerprint density at radius 3 is 2.77 bits per heavy atom. The van der Waals surface area contributed by atoms with Crippen molar-refractivity contribution in [3.05, 3.63) is 33.9 Å². The highest BCUT2D eigenvalue weighted by atomic mass is 79.9. The number of aromatic carboxylic acids is 1. The molecule has 0 atom stereocenters. The molecule has 2 aromatic rings. The SMILES string of the molecule is CCn1cc(C(=O)O)c(=O)c2c(N)c(F)c(NCCBr)cc21. The number of fused-ring (bicyclic) bond motifs is 1. The number of nitrogen functional groups attached to an aromatic ring is 1. The molecular formula is C14H15BrFN3O3. The first-order valence-electron chi connectivity index (χ1n) is 6.60. The highest BCUT2D eigenvalue weighted by molar-refractivity contribution is 9.09. The number of hydrogen-bond acceptors (Lipinski definition) is 4. The zero-order chi connectivity index (χ0) is 16.4. The Bertz CT molecular complexity index is 804. The molecule has 6 nitrogen and oxygen atoms in total. The molecule has 0 spiro atoms. The lowest BCUT2D eigenvalue weighted by Gasteiger charge is -2.15. The number of aryl methyl sites for hydroxylation is 1. The molecule has 2 rings (SSSR count). The molecule has 22 heavy (non-hydrogen) atoms. The summed E-state index contributed by atoms with van der Waals surface area (Å²) in [5.74, 6) is -2.12. The van der Waals surface area contributed by atoms with Crippen molar-refractivity contribution in [1.29, 1.82) is 0 Å². The molecular weight excluding hydrogens is 357 g/mol. The number of nitrogens with one attached hydrogen (secondary N) is 1. The average Bonchev–Trinajstić information content (AvgIpc) is 2.49. The van der Waals surface area contributed by atoms with Crippen molar-refractivity contribution in [1.82, 2.24) is 4.57 Å². The number of nitrogens with zero attached hydrogens (tertiary/aromatic N) is 1. The van der Waals surface area contributed by atoms with Crippen LogP contribution in [-0.4, -0.2) is 27.5 Å². The third-order valence-corrected chi connectivity index (χ3v) is 3.72. The molecule has 0 aliphatic rings. The van der Waals surface area contributed by atoms with Gasteiger partial charge in [0.25, 0.3) is 0 Å². The van der Waals surface area contributed by atoms with E-state index in [0.717, 1.165) is 0 Å². The van der Waals surface area contributed by atoms with Crippen LogP contribution < -0.4 is 16.5 Å². The zero-order valence-corrected chi connectivity index (χ0v) is 13.4. The fraction of sp³-hybridized carbons (Fsp3) is 0.286. The lowest BCUT2D eigenvalue weighted by atomic mass is 10.1. The molecule has 118 valence electrons. The second-order valence-corrected chi connectivity index (χ2v) is 5.42. The summed E-state index contributed by atoms with van der Waals surface area (Å²) in [4.78, 5) is 23.4. The van der Waals surface area contributed by atoms with Crippen LogP contribution in [0.5, 0.6) is 0 Å². The maximum atomic E-state index is 14.3. The Balaban J connectivity index is 2.87. The lowest BCUT2D eigenvalue weighted by molar-refractivity contribution is 0.0695. The molecule has 0 aliphatic heterocycles. The fourth-order valence-corrected chi connectivity index (χ4v) is 2.47. The highest BCUT2D eigenvalue weighted by Crippen LogP contribution is 2.28. The van der Waals surface area contributed by atoms with Gasteiger partial charge in [-0.05, 0) is 13.0 Å². The van der Waals surface area contributed by atoms with Crippen LogP contribution in [0.15, 0.2) is 17.1 Å². The Morgan fingerprint density at radius 2 is 2.23 bits per heavy atom. The molecule has 0 aliphatic carbocycles. The number of rotatable bonds is 5. The van der Waals surface area contributed by atoms with Crippen molar-refractivity contribution < 1.29 is 14.3 Å². The van der Waals surface area contributed by atoms with Gasteiger partial charge in [-0.3, -0.25) is 4.79 Å². The van der Waals surface area contributed by atoms with Crippen molar-refractivity contribution >= 4 is 44.2 Å². The number of hydrogen-bond donors (Lipinski definition) is 3. The molecule has 0 bridgehead atoms. The lowest BCUT2D eigenvalue weighted by Crippen LogP contribution is -2.20. The van der Waals surface area contributed by atoms with Crippen LogP contribution in [0, 0.1) is 5.82 Å². The van der Waals surface area contributed by atoms with Crippen LogP contribution in [0.3, 0.4) is 0 Å². The topological polar surface area (TPSA) is 97.4 Å². The number of anilines is 2. The van der Waals surface area contributed by atoms with Crippen LogP contribution in [0.25, 0.3) is 10.9 Å². The summed E-state index contributed by atoms with van der Waals surface area (Å²) in [6, 6.07) is 1.47. The zero-order valence-electron chi connectivity index (χ0n) is 11.8. The van der Waals surface area contributed by atoms with Crippen LogP contribution in [0.4, 0.5) is 15.8 Å².